The molecule has 0 aliphatic heterocycles. The van der Waals surface area contributed by atoms with Crippen molar-refractivity contribution < 1.29 is 19.1 Å². The summed E-state index contributed by atoms with van der Waals surface area (Å²) >= 11 is 0. The average molecular weight is 465 g/mol. The van der Waals surface area contributed by atoms with Gasteiger partial charge < -0.3 is 9.30 Å². The first-order valence-corrected chi connectivity index (χ1v) is 11.4. The smallest absolute Gasteiger partial charge is 0.337 e. The van der Waals surface area contributed by atoms with Gasteiger partial charge in [-0.3, -0.25) is 14.6 Å². The number of rotatable bonds is 4. The molecule has 2 aliphatic carbocycles. The summed E-state index contributed by atoms with van der Waals surface area (Å²) in [4.78, 5) is 42.3. The van der Waals surface area contributed by atoms with E-state index in [-0.39, 0.29) is 17.5 Å². The summed E-state index contributed by atoms with van der Waals surface area (Å²) < 4.78 is 6.86. The van der Waals surface area contributed by atoms with E-state index in [2.05, 4.69) is 9.56 Å². The molecule has 0 saturated carbocycles. The molecule has 2 aromatic carbocycles. The molecule has 3 aromatic rings. The summed E-state index contributed by atoms with van der Waals surface area (Å²) in [6.07, 6.45) is 7.17. The predicted molar refractivity (Wildman–Crippen MR) is 133 cm³/mol. The van der Waals surface area contributed by atoms with Crippen LogP contribution >= 0.6 is 0 Å². The Morgan fingerprint density at radius 3 is 2.29 bits per heavy atom. The van der Waals surface area contributed by atoms with Crippen LogP contribution in [0.1, 0.15) is 48.0 Å². The SMILES string of the molecule is COC(=O)c1ccc(-n2c(C)cc(C=NC3=C[C@H]4C(=O)c5ccccc5C(=O)[C@@H]4C=C3)c2C)cc1. The van der Waals surface area contributed by atoms with Crippen molar-refractivity contribution in [3.63, 3.8) is 0 Å². The number of aromatic nitrogens is 1. The third-order valence-electron chi connectivity index (χ3n) is 6.64. The van der Waals surface area contributed by atoms with Gasteiger partial charge in [0.1, 0.15) is 0 Å². The zero-order chi connectivity index (χ0) is 24.7. The fourth-order valence-corrected chi connectivity index (χ4v) is 4.84. The van der Waals surface area contributed by atoms with Crippen LogP contribution in [0.15, 0.2) is 83.5 Å². The summed E-state index contributed by atoms with van der Waals surface area (Å²) in [5.41, 5.74) is 6.00. The average Bonchev–Trinajstić information content (AvgIpc) is 3.18. The molecule has 0 N–H and O–H groups in total. The van der Waals surface area contributed by atoms with Crippen molar-refractivity contribution in [3.8, 4) is 5.69 Å². The maximum absolute atomic E-state index is 13.0. The number of methoxy groups -OCH3 is 1. The van der Waals surface area contributed by atoms with Crippen molar-refractivity contribution in [1.29, 1.82) is 0 Å². The Hall–Kier alpha value is -4.32. The minimum atomic E-state index is -0.532. The van der Waals surface area contributed by atoms with Crippen molar-refractivity contribution in [3.05, 3.63) is 112 Å². The Morgan fingerprint density at radius 1 is 0.971 bits per heavy atom. The van der Waals surface area contributed by atoms with E-state index in [1.165, 1.54) is 7.11 Å². The molecule has 6 nitrogen and oxygen atoms in total. The van der Waals surface area contributed by atoms with Crippen LogP contribution in [0.4, 0.5) is 0 Å². The normalized spacial score (nSPS) is 18.9. The van der Waals surface area contributed by atoms with Gasteiger partial charge in [0.25, 0.3) is 0 Å². The van der Waals surface area contributed by atoms with Crippen LogP contribution in [-0.4, -0.2) is 35.4 Å². The van der Waals surface area contributed by atoms with Gasteiger partial charge in [-0.15, -0.1) is 0 Å². The van der Waals surface area contributed by atoms with Crippen LogP contribution in [-0.2, 0) is 4.74 Å². The number of carbonyl (C=O) groups excluding carboxylic acids is 3. The lowest BCUT2D eigenvalue weighted by molar-refractivity contribution is 0.0600. The van der Waals surface area contributed by atoms with Gasteiger partial charge in [-0.1, -0.05) is 30.3 Å². The zero-order valence-corrected chi connectivity index (χ0v) is 19.7. The molecule has 5 rings (SSSR count). The first-order valence-electron chi connectivity index (χ1n) is 11.4. The third kappa shape index (κ3) is 3.87. The first kappa shape index (κ1) is 22.5. The standard InChI is InChI=1S/C29H24N2O4/c1-17-14-20(18(2)31(17)22-11-8-19(9-12-22)29(34)35-3)16-30-21-10-13-25-26(15-21)28(33)24-7-5-4-6-23(24)27(25)32/h4-16,25-26H,1-3H3/t25-,26-/m1/s1. The van der Waals surface area contributed by atoms with E-state index in [0.29, 0.717) is 22.4 Å². The van der Waals surface area contributed by atoms with Crippen molar-refractivity contribution in [1.82, 2.24) is 4.57 Å². The minimum Gasteiger partial charge on any atom is -0.465 e. The molecule has 35 heavy (non-hydrogen) atoms. The second kappa shape index (κ2) is 8.80. The Morgan fingerprint density at radius 2 is 1.63 bits per heavy atom. The molecule has 2 aliphatic rings. The summed E-state index contributed by atoms with van der Waals surface area (Å²) in [5, 5.41) is 0. The van der Waals surface area contributed by atoms with Gasteiger partial charge >= 0.3 is 5.97 Å². The Balaban J connectivity index is 1.41. The Kier molecular flexibility index (Phi) is 5.65. The van der Waals surface area contributed by atoms with E-state index in [4.69, 9.17) is 4.74 Å². The van der Waals surface area contributed by atoms with Crippen LogP contribution in [0.5, 0.6) is 0 Å². The van der Waals surface area contributed by atoms with Crippen LogP contribution in [0, 0.1) is 25.7 Å². The molecule has 0 radical (unpaired) electrons. The molecule has 1 aromatic heterocycles. The van der Waals surface area contributed by atoms with Crippen molar-refractivity contribution in [2.24, 2.45) is 16.8 Å². The van der Waals surface area contributed by atoms with Gasteiger partial charge in [0.05, 0.1) is 30.2 Å². The number of ether oxygens (including phenoxy) is 1. The fraction of sp³-hybridized carbons (Fsp3) is 0.172. The largest absolute Gasteiger partial charge is 0.465 e. The van der Waals surface area contributed by atoms with Crippen molar-refractivity contribution in [2.75, 3.05) is 7.11 Å². The molecule has 0 fully saturated rings. The van der Waals surface area contributed by atoms with E-state index < -0.39 is 11.8 Å². The summed E-state index contributed by atoms with van der Waals surface area (Å²) in [5.74, 6) is -1.45. The van der Waals surface area contributed by atoms with Gasteiger partial charge in [0, 0.05) is 40.0 Å². The third-order valence-corrected chi connectivity index (χ3v) is 6.64. The van der Waals surface area contributed by atoms with E-state index >= 15 is 0 Å². The summed E-state index contributed by atoms with van der Waals surface area (Å²) in [7, 11) is 1.36. The van der Waals surface area contributed by atoms with Gasteiger partial charge in [0.2, 0.25) is 0 Å². The highest BCUT2D eigenvalue weighted by Crippen LogP contribution is 2.35. The molecule has 0 bridgehead atoms. The van der Waals surface area contributed by atoms with E-state index in [1.807, 2.05) is 38.1 Å². The maximum atomic E-state index is 13.0. The fourth-order valence-electron chi connectivity index (χ4n) is 4.84. The number of esters is 1. The van der Waals surface area contributed by atoms with Crippen LogP contribution in [0.25, 0.3) is 5.69 Å². The highest BCUT2D eigenvalue weighted by molar-refractivity contribution is 6.17. The molecule has 0 unspecified atom stereocenters. The monoisotopic (exact) mass is 464 g/mol. The van der Waals surface area contributed by atoms with Crippen molar-refractivity contribution >= 4 is 23.8 Å². The van der Waals surface area contributed by atoms with Gasteiger partial charge in [0.15, 0.2) is 11.6 Å². The molecule has 2 atom stereocenters. The quantitative estimate of drug-likeness (QED) is 0.399. The predicted octanol–water partition coefficient (Wildman–Crippen LogP) is 5.06. The van der Waals surface area contributed by atoms with Gasteiger partial charge in [-0.05, 0) is 56.3 Å². The maximum Gasteiger partial charge on any atom is 0.337 e. The number of fused-ring (bicyclic) bond motifs is 2. The number of carbonyl (C=O) groups is 3. The number of aryl methyl sites for hydroxylation is 1. The highest BCUT2D eigenvalue weighted by atomic mass is 16.5. The number of benzene rings is 2. The molecule has 1 heterocycles. The number of hydrogen-bond acceptors (Lipinski definition) is 5. The first-order chi connectivity index (χ1) is 16.9. The summed E-state index contributed by atoms with van der Waals surface area (Å²) in [6, 6.07) is 16.3. The molecule has 0 spiro atoms. The number of nitrogens with zero attached hydrogens (tertiary/aromatic N) is 2. The van der Waals surface area contributed by atoms with E-state index in [1.54, 1.807) is 54.8 Å². The number of hydrogen-bond donors (Lipinski definition) is 0. The molecule has 174 valence electrons. The van der Waals surface area contributed by atoms with Gasteiger partial charge in [-0.2, -0.15) is 0 Å². The highest BCUT2D eigenvalue weighted by Gasteiger charge is 2.40. The Labute approximate surface area is 203 Å². The number of allylic oxidation sites excluding steroid dienone is 3. The zero-order valence-electron chi connectivity index (χ0n) is 19.7. The topological polar surface area (TPSA) is 77.7 Å². The minimum absolute atomic E-state index is 0.0255. The number of Topliss-reactive ketones (excluding diaryl/α,β-unsaturated/α-hetero) is 2. The molecule has 0 amide bonds. The number of aliphatic imine (C=N–C) groups is 1. The lowest BCUT2D eigenvalue weighted by atomic mass is 9.72. The second-order valence-corrected chi connectivity index (χ2v) is 8.73. The van der Waals surface area contributed by atoms with E-state index in [9.17, 15) is 14.4 Å². The lowest BCUT2D eigenvalue weighted by Gasteiger charge is -2.28. The Bertz CT molecular complexity index is 1450. The van der Waals surface area contributed by atoms with Gasteiger partial charge in [-0.25, -0.2) is 4.79 Å². The second-order valence-electron chi connectivity index (χ2n) is 8.73. The summed E-state index contributed by atoms with van der Waals surface area (Å²) in [6.45, 7) is 4.01. The molecule has 0 saturated heterocycles. The van der Waals surface area contributed by atoms with Crippen LogP contribution in [0.2, 0.25) is 0 Å². The molecular formula is C29H24N2O4. The molecular weight excluding hydrogens is 440 g/mol. The van der Waals surface area contributed by atoms with E-state index in [0.717, 1.165) is 22.6 Å². The van der Waals surface area contributed by atoms with Crippen LogP contribution < -0.4 is 0 Å². The lowest BCUT2D eigenvalue weighted by Crippen LogP contribution is -2.35. The van der Waals surface area contributed by atoms with Crippen LogP contribution in [0.3, 0.4) is 0 Å². The van der Waals surface area contributed by atoms with Crippen molar-refractivity contribution in [2.45, 2.75) is 13.8 Å². The number of ketones is 2. The molecule has 6 heteroatoms.